The number of carbonyl (C=O) groups is 2. The van der Waals surface area contributed by atoms with Gasteiger partial charge in [0.15, 0.2) is 0 Å². The molecule has 0 radical (unpaired) electrons. The first-order valence-corrected chi connectivity index (χ1v) is 6.96. The smallest absolute Gasteiger partial charge is 0.316 e. The van der Waals surface area contributed by atoms with Crippen molar-refractivity contribution in [1.29, 1.82) is 0 Å². The van der Waals surface area contributed by atoms with Crippen LogP contribution in [0.3, 0.4) is 0 Å². The summed E-state index contributed by atoms with van der Waals surface area (Å²) in [5, 5.41) is 6.73. The van der Waals surface area contributed by atoms with Gasteiger partial charge >= 0.3 is 11.8 Å². The maximum absolute atomic E-state index is 11.7. The molecule has 0 saturated carbocycles. The number of anilines is 1. The summed E-state index contributed by atoms with van der Waals surface area (Å²) < 4.78 is 0. The number of benzene rings is 2. The first-order valence-electron chi connectivity index (χ1n) is 6.21. The monoisotopic (exact) mass is 335 g/mol. The lowest BCUT2D eigenvalue weighted by Crippen LogP contribution is -2.32. The van der Waals surface area contributed by atoms with Crippen LogP contribution in [0.5, 0.6) is 0 Å². The summed E-state index contributed by atoms with van der Waals surface area (Å²) >= 11 is 11.7. The Hall–Kier alpha value is -2.37. The van der Waals surface area contributed by atoms with E-state index in [2.05, 4.69) is 15.8 Å². The van der Waals surface area contributed by atoms with Gasteiger partial charge in [0.2, 0.25) is 0 Å². The SMILES string of the molecule is O=C(N/N=C\c1ccccc1)C(=O)Nc1cc(Cl)ccc1Cl. The van der Waals surface area contributed by atoms with Gasteiger partial charge < -0.3 is 5.32 Å². The molecular weight excluding hydrogens is 325 g/mol. The third-order valence-corrected chi connectivity index (χ3v) is 3.13. The first kappa shape index (κ1) is 16.0. The molecule has 0 unspecified atom stereocenters. The van der Waals surface area contributed by atoms with Crippen LogP contribution in [0.25, 0.3) is 0 Å². The number of amides is 2. The van der Waals surface area contributed by atoms with Crippen LogP contribution in [0, 0.1) is 0 Å². The minimum absolute atomic E-state index is 0.251. The van der Waals surface area contributed by atoms with Crippen LogP contribution in [0.15, 0.2) is 53.6 Å². The molecule has 0 aliphatic rings. The van der Waals surface area contributed by atoms with Crippen LogP contribution in [0.4, 0.5) is 5.69 Å². The van der Waals surface area contributed by atoms with E-state index in [1.165, 1.54) is 18.3 Å². The van der Waals surface area contributed by atoms with Crippen molar-refractivity contribution in [1.82, 2.24) is 5.43 Å². The summed E-state index contributed by atoms with van der Waals surface area (Å²) in [6.45, 7) is 0. The fourth-order valence-electron chi connectivity index (χ4n) is 1.53. The standard InChI is InChI=1S/C15H11Cl2N3O2/c16-11-6-7-12(17)13(8-11)19-14(21)15(22)20-18-9-10-4-2-1-3-5-10/h1-9H,(H,19,21)(H,20,22)/b18-9-. The molecule has 0 spiro atoms. The van der Waals surface area contributed by atoms with Crippen LogP contribution in [0.1, 0.15) is 5.56 Å². The van der Waals surface area contributed by atoms with E-state index < -0.39 is 11.8 Å². The van der Waals surface area contributed by atoms with Gasteiger partial charge in [-0.15, -0.1) is 0 Å². The highest BCUT2D eigenvalue weighted by Gasteiger charge is 2.14. The molecule has 0 atom stereocenters. The number of hydrazone groups is 1. The maximum Gasteiger partial charge on any atom is 0.329 e. The topological polar surface area (TPSA) is 70.6 Å². The summed E-state index contributed by atoms with van der Waals surface area (Å²) in [4.78, 5) is 23.3. The van der Waals surface area contributed by atoms with E-state index in [1.54, 1.807) is 6.07 Å². The highest BCUT2D eigenvalue weighted by molar-refractivity contribution is 6.42. The molecule has 5 nitrogen and oxygen atoms in total. The third-order valence-electron chi connectivity index (χ3n) is 2.56. The fourth-order valence-corrected chi connectivity index (χ4v) is 1.86. The largest absolute Gasteiger partial charge is 0.329 e. The quantitative estimate of drug-likeness (QED) is 0.514. The van der Waals surface area contributed by atoms with Crippen molar-refractivity contribution in [3.05, 3.63) is 64.1 Å². The van der Waals surface area contributed by atoms with Crippen molar-refractivity contribution in [3.63, 3.8) is 0 Å². The average molecular weight is 336 g/mol. The number of hydrogen-bond acceptors (Lipinski definition) is 3. The van der Waals surface area contributed by atoms with Crippen LogP contribution in [-0.4, -0.2) is 18.0 Å². The molecule has 7 heteroatoms. The van der Waals surface area contributed by atoms with Gasteiger partial charge in [-0.05, 0) is 23.8 Å². The summed E-state index contributed by atoms with van der Waals surface area (Å²) in [5.74, 6) is -1.81. The number of nitrogens with one attached hydrogen (secondary N) is 2. The molecule has 22 heavy (non-hydrogen) atoms. The minimum Gasteiger partial charge on any atom is -0.316 e. The van der Waals surface area contributed by atoms with E-state index in [0.29, 0.717) is 5.02 Å². The van der Waals surface area contributed by atoms with Gasteiger partial charge in [0.05, 0.1) is 16.9 Å². The molecule has 2 aromatic carbocycles. The lowest BCUT2D eigenvalue weighted by atomic mass is 10.2. The lowest BCUT2D eigenvalue weighted by molar-refractivity contribution is -0.136. The van der Waals surface area contributed by atoms with Crippen LogP contribution in [-0.2, 0) is 9.59 Å². The van der Waals surface area contributed by atoms with Crippen LogP contribution >= 0.6 is 23.2 Å². The second kappa shape index (κ2) is 7.59. The summed E-state index contributed by atoms with van der Waals surface area (Å²) in [7, 11) is 0. The van der Waals surface area contributed by atoms with Gasteiger partial charge in [0.1, 0.15) is 0 Å². The van der Waals surface area contributed by atoms with Gasteiger partial charge in [-0.25, -0.2) is 5.43 Å². The second-order valence-electron chi connectivity index (χ2n) is 4.19. The predicted octanol–water partition coefficient (Wildman–Crippen LogP) is 3.08. The molecule has 2 N–H and O–H groups in total. The normalized spacial score (nSPS) is 10.5. The summed E-state index contributed by atoms with van der Waals surface area (Å²) in [6, 6.07) is 13.7. The third kappa shape index (κ3) is 4.58. The molecule has 112 valence electrons. The van der Waals surface area contributed by atoms with Crippen molar-refractivity contribution in [2.24, 2.45) is 5.10 Å². The van der Waals surface area contributed by atoms with E-state index in [1.807, 2.05) is 30.3 Å². The van der Waals surface area contributed by atoms with Gasteiger partial charge in [-0.2, -0.15) is 5.10 Å². The zero-order valence-electron chi connectivity index (χ0n) is 11.2. The van der Waals surface area contributed by atoms with Gasteiger partial charge in [-0.1, -0.05) is 53.5 Å². The van der Waals surface area contributed by atoms with Gasteiger partial charge in [0.25, 0.3) is 0 Å². The molecule has 0 aromatic heterocycles. The molecule has 0 aliphatic heterocycles. The van der Waals surface area contributed by atoms with Crippen molar-refractivity contribution in [2.75, 3.05) is 5.32 Å². The maximum atomic E-state index is 11.7. The van der Waals surface area contributed by atoms with Crippen molar-refractivity contribution in [3.8, 4) is 0 Å². The Morgan fingerprint density at radius 2 is 1.73 bits per heavy atom. The van der Waals surface area contributed by atoms with E-state index in [-0.39, 0.29) is 10.7 Å². The fraction of sp³-hybridized carbons (Fsp3) is 0. The number of halogens is 2. The Morgan fingerprint density at radius 3 is 2.45 bits per heavy atom. The predicted molar refractivity (Wildman–Crippen MR) is 87.3 cm³/mol. The van der Waals surface area contributed by atoms with E-state index in [9.17, 15) is 9.59 Å². The number of rotatable bonds is 3. The van der Waals surface area contributed by atoms with Crippen LogP contribution < -0.4 is 10.7 Å². The molecule has 0 fully saturated rings. The zero-order chi connectivity index (χ0) is 15.9. The molecule has 2 aromatic rings. The Balaban J connectivity index is 1.94. The van der Waals surface area contributed by atoms with Gasteiger partial charge in [-0.3, -0.25) is 9.59 Å². The van der Waals surface area contributed by atoms with E-state index in [4.69, 9.17) is 23.2 Å². The highest BCUT2D eigenvalue weighted by atomic mass is 35.5. The second-order valence-corrected chi connectivity index (χ2v) is 5.03. The van der Waals surface area contributed by atoms with Crippen LogP contribution in [0.2, 0.25) is 10.0 Å². The minimum atomic E-state index is -0.914. The zero-order valence-corrected chi connectivity index (χ0v) is 12.7. The van der Waals surface area contributed by atoms with Gasteiger partial charge in [0, 0.05) is 5.02 Å². The molecule has 0 aliphatic carbocycles. The van der Waals surface area contributed by atoms with E-state index in [0.717, 1.165) is 5.56 Å². The Bertz CT molecular complexity index is 718. The molecular formula is C15H11Cl2N3O2. The molecule has 0 heterocycles. The Labute approximate surface area is 136 Å². The van der Waals surface area contributed by atoms with Crippen molar-refractivity contribution < 1.29 is 9.59 Å². The van der Waals surface area contributed by atoms with E-state index >= 15 is 0 Å². The Morgan fingerprint density at radius 1 is 1.00 bits per heavy atom. The first-order chi connectivity index (χ1) is 10.6. The lowest BCUT2D eigenvalue weighted by Gasteiger charge is -2.06. The summed E-state index contributed by atoms with van der Waals surface area (Å²) in [5.41, 5.74) is 3.17. The number of carbonyl (C=O) groups excluding carboxylic acids is 2. The Kier molecular flexibility index (Phi) is 5.52. The number of hydrogen-bond donors (Lipinski definition) is 2. The molecule has 0 saturated heterocycles. The highest BCUT2D eigenvalue weighted by Crippen LogP contribution is 2.25. The van der Waals surface area contributed by atoms with Crippen molar-refractivity contribution >= 4 is 46.9 Å². The summed E-state index contributed by atoms with van der Waals surface area (Å²) in [6.07, 6.45) is 1.43. The molecule has 0 bridgehead atoms. The molecule has 2 amide bonds. The van der Waals surface area contributed by atoms with Crippen molar-refractivity contribution in [2.45, 2.75) is 0 Å². The number of nitrogens with zero attached hydrogens (tertiary/aromatic N) is 1. The molecule has 2 rings (SSSR count). The average Bonchev–Trinajstić information content (AvgIpc) is 2.52.